The quantitative estimate of drug-likeness (QED) is 0.520. The van der Waals surface area contributed by atoms with Crippen LogP contribution in [0.5, 0.6) is 5.75 Å². The molecule has 0 amide bonds. The van der Waals surface area contributed by atoms with Gasteiger partial charge in [-0.2, -0.15) is 5.10 Å². The fraction of sp³-hybridized carbons (Fsp3) is 0.333. The molecule has 0 aromatic heterocycles. The first-order chi connectivity index (χ1) is 9.74. The number of hydrogen-bond donors (Lipinski definition) is 1. The lowest BCUT2D eigenvalue weighted by atomic mass is 10.0. The van der Waals surface area contributed by atoms with Gasteiger partial charge in [0.25, 0.3) is 0 Å². The topological polar surface area (TPSA) is 55.2 Å². The Kier molecular flexibility index (Phi) is 5.03. The van der Waals surface area contributed by atoms with Crippen LogP contribution < -0.4 is 10.1 Å². The summed E-state index contributed by atoms with van der Waals surface area (Å²) in [6.07, 6.45) is 1.51. The summed E-state index contributed by atoms with van der Waals surface area (Å²) in [7, 11) is 0. The summed E-state index contributed by atoms with van der Waals surface area (Å²) >= 11 is 0. The lowest BCUT2D eigenvalue weighted by Crippen LogP contribution is -2.41. The van der Waals surface area contributed by atoms with E-state index in [1.54, 1.807) is 0 Å². The molecule has 1 N–H and O–H groups in total. The Morgan fingerprint density at radius 2 is 2.40 bits per heavy atom. The van der Waals surface area contributed by atoms with Gasteiger partial charge in [0.1, 0.15) is 5.75 Å². The number of hydrogen-bond acceptors (Lipinski definition) is 5. The fourth-order valence-electron chi connectivity index (χ4n) is 2.16. The highest BCUT2D eigenvalue weighted by Crippen LogP contribution is 2.26. The minimum Gasteiger partial charge on any atom is -0.438 e. The minimum atomic E-state index is 0.0222. The first-order valence-corrected chi connectivity index (χ1v) is 6.53. The Morgan fingerprint density at radius 1 is 1.55 bits per heavy atom. The minimum absolute atomic E-state index is 0.0222. The van der Waals surface area contributed by atoms with Gasteiger partial charge >= 0.3 is 0 Å². The van der Waals surface area contributed by atoms with Gasteiger partial charge in [0.05, 0.1) is 12.7 Å². The maximum atomic E-state index is 5.81. The average Bonchev–Trinajstić information content (AvgIpc) is 2.47. The van der Waals surface area contributed by atoms with Gasteiger partial charge < -0.3 is 14.8 Å². The van der Waals surface area contributed by atoms with Crippen LogP contribution in [0.1, 0.15) is 18.6 Å². The van der Waals surface area contributed by atoms with Gasteiger partial charge in [-0.1, -0.05) is 18.7 Å². The molecule has 5 heteroatoms. The molecular formula is C15H19N3O2. The molecule has 1 aromatic rings. The third-order valence-corrected chi connectivity index (χ3v) is 3.07. The predicted octanol–water partition coefficient (Wildman–Crippen LogP) is 2.31. The number of rotatable bonds is 4. The van der Waals surface area contributed by atoms with Crippen LogP contribution in [0.15, 0.2) is 47.1 Å². The van der Waals surface area contributed by atoms with Gasteiger partial charge in [-0.15, -0.1) is 5.10 Å². The van der Waals surface area contributed by atoms with Crippen molar-refractivity contribution in [1.82, 2.24) is 5.32 Å². The molecule has 2 unspecified atom stereocenters. The van der Waals surface area contributed by atoms with E-state index in [9.17, 15) is 0 Å². The smallest absolute Gasteiger partial charge is 0.238 e. The number of nitrogens with zero attached hydrogens (tertiary/aromatic N) is 2. The van der Waals surface area contributed by atoms with Crippen LogP contribution in [0.3, 0.4) is 0 Å². The molecule has 1 aromatic carbocycles. The molecular weight excluding hydrogens is 254 g/mol. The van der Waals surface area contributed by atoms with Crippen LogP contribution >= 0.6 is 0 Å². The Bertz CT molecular complexity index is 514. The van der Waals surface area contributed by atoms with Crippen molar-refractivity contribution in [3.05, 3.63) is 42.5 Å². The van der Waals surface area contributed by atoms with Crippen LogP contribution in [-0.2, 0) is 4.74 Å². The SMILES string of the molecule is C=C/C(=N\N=C)Oc1cccc(C2OCCNC2C)c1. The third kappa shape index (κ3) is 3.53. The first kappa shape index (κ1) is 14.4. The van der Waals surface area contributed by atoms with E-state index in [2.05, 4.69) is 35.7 Å². The maximum Gasteiger partial charge on any atom is 0.238 e. The van der Waals surface area contributed by atoms with E-state index in [4.69, 9.17) is 9.47 Å². The zero-order valence-electron chi connectivity index (χ0n) is 11.6. The molecule has 0 spiro atoms. The zero-order chi connectivity index (χ0) is 14.4. The highest BCUT2D eigenvalue weighted by atomic mass is 16.5. The molecule has 1 aliphatic heterocycles. The molecule has 0 saturated carbocycles. The summed E-state index contributed by atoms with van der Waals surface area (Å²) in [5.41, 5.74) is 1.07. The molecule has 0 radical (unpaired) electrons. The van der Waals surface area contributed by atoms with E-state index in [-0.39, 0.29) is 12.1 Å². The second-order valence-corrected chi connectivity index (χ2v) is 4.49. The van der Waals surface area contributed by atoms with Crippen molar-refractivity contribution in [3.8, 4) is 5.75 Å². The summed E-state index contributed by atoms with van der Waals surface area (Å²) in [6.45, 7) is 10.6. The van der Waals surface area contributed by atoms with Gasteiger partial charge in [0.15, 0.2) is 0 Å². The van der Waals surface area contributed by atoms with Crippen LogP contribution in [-0.4, -0.2) is 31.8 Å². The van der Waals surface area contributed by atoms with Crippen LogP contribution in [0.25, 0.3) is 0 Å². The molecule has 2 atom stereocenters. The monoisotopic (exact) mass is 273 g/mol. The molecule has 20 heavy (non-hydrogen) atoms. The largest absolute Gasteiger partial charge is 0.438 e. The van der Waals surface area contributed by atoms with Crippen molar-refractivity contribution in [3.63, 3.8) is 0 Å². The fourth-order valence-corrected chi connectivity index (χ4v) is 2.16. The summed E-state index contributed by atoms with van der Waals surface area (Å²) in [5, 5.41) is 10.6. The first-order valence-electron chi connectivity index (χ1n) is 6.53. The van der Waals surface area contributed by atoms with Crippen molar-refractivity contribution >= 4 is 12.6 Å². The van der Waals surface area contributed by atoms with E-state index in [0.29, 0.717) is 18.3 Å². The number of morpholine rings is 1. The van der Waals surface area contributed by atoms with E-state index < -0.39 is 0 Å². The van der Waals surface area contributed by atoms with E-state index >= 15 is 0 Å². The highest BCUT2D eigenvalue weighted by molar-refractivity contribution is 5.88. The number of nitrogens with one attached hydrogen (secondary N) is 1. The Morgan fingerprint density at radius 3 is 3.10 bits per heavy atom. The van der Waals surface area contributed by atoms with Gasteiger partial charge in [-0.3, -0.25) is 0 Å². The van der Waals surface area contributed by atoms with Gasteiger partial charge in [-0.05, 0) is 30.7 Å². The Labute approximate surface area is 119 Å². The summed E-state index contributed by atoms with van der Waals surface area (Å²) < 4.78 is 11.4. The van der Waals surface area contributed by atoms with E-state index in [0.717, 1.165) is 12.1 Å². The van der Waals surface area contributed by atoms with E-state index in [1.165, 1.54) is 6.08 Å². The van der Waals surface area contributed by atoms with E-state index in [1.807, 2.05) is 24.3 Å². The van der Waals surface area contributed by atoms with Crippen molar-refractivity contribution in [2.75, 3.05) is 13.2 Å². The lowest BCUT2D eigenvalue weighted by Gasteiger charge is -2.30. The highest BCUT2D eigenvalue weighted by Gasteiger charge is 2.23. The van der Waals surface area contributed by atoms with Crippen LogP contribution in [0, 0.1) is 0 Å². The Balaban J connectivity index is 2.17. The Hall–Kier alpha value is -1.98. The maximum absolute atomic E-state index is 5.81. The normalized spacial score (nSPS) is 23.1. The van der Waals surface area contributed by atoms with Crippen LogP contribution in [0.4, 0.5) is 0 Å². The number of ether oxygens (including phenoxy) is 2. The average molecular weight is 273 g/mol. The zero-order valence-corrected chi connectivity index (χ0v) is 11.6. The molecule has 1 saturated heterocycles. The van der Waals surface area contributed by atoms with Crippen molar-refractivity contribution in [2.24, 2.45) is 10.2 Å². The molecule has 2 rings (SSSR count). The summed E-state index contributed by atoms with van der Waals surface area (Å²) in [5.74, 6) is 0.985. The number of benzene rings is 1. The molecule has 5 nitrogen and oxygen atoms in total. The second-order valence-electron chi connectivity index (χ2n) is 4.49. The molecule has 1 aliphatic rings. The third-order valence-electron chi connectivity index (χ3n) is 3.07. The van der Waals surface area contributed by atoms with Gasteiger partial charge in [0, 0.05) is 19.3 Å². The summed E-state index contributed by atoms with van der Waals surface area (Å²) in [4.78, 5) is 0. The van der Waals surface area contributed by atoms with Gasteiger partial charge in [0.2, 0.25) is 5.90 Å². The summed E-state index contributed by atoms with van der Waals surface area (Å²) in [6, 6.07) is 8.01. The molecule has 0 bridgehead atoms. The molecule has 1 heterocycles. The van der Waals surface area contributed by atoms with Crippen molar-refractivity contribution in [2.45, 2.75) is 19.1 Å². The molecule has 0 aliphatic carbocycles. The standard InChI is InChI=1S/C15H19N3O2/c1-4-14(18-16-3)20-13-7-5-6-12(10-13)15-11(2)17-8-9-19-15/h4-7,10-11,15,17H,1,3,8-9H2,2H3/b18-14+. The lowest BCUT2D eigenvalue weighted by molar-refractivity contribution is -0.000293. The molecule has 1 fully saturated rings. The predicted molar refractivity (Wildman–Crippen MR) is 80.4 cm³/mol. The van der Waals surface area contributed by atoms with Crippen LogP contribution in [0.2, 0.25) is 0 Å². The second kappa shape index (κ2) is 6.98. The van der Waals surface area contributed by atoms with Crippen molar-refractivity contribution in [1.29, 1.82) is 0 Å². The van der Waals surface area contributed by atoms with Crippen molar-refractivity contribution < 1.29 is 9.47 Å². The van der Waals surface area contributed by atoms with Gasteiger partial charge in [-0.25, -0.2) is 0 Å². The molecule has 106 valence electrons.